The van der Waals surface area contributed by atoms with E-state index in [9.17, 15) is 4.39 Å². The first kappa shape index (κ1) is 15.0. The molecule has 0 fully saturated rings. The van der Waals surface area contributed by atoms with Gasteiger partial charge < -0.3 is 10.1 Å². The van der Waals surface area contributed by atoms with Crippen molar-refractivity contribution < 1.29 is 9.13 Å². The van der Waals surface area contributed by atoms with E-state index in [1.165, 1.54) is 0 Å². The molecular formula is C15H24FNO. The van der Waals surface area contributed by atoms with E-state index in [1.807, 2.05) is 13.0 Å². The number of nitrogens with one attached hydrogen (secondary N) is 1. The molecular weight excluding hydrogens is 229 g/mol. The van der Waals surface area contributed by atoms with Crippen LogP contribution in [-0.4, -0.2) is 18.2 Å². The van der Waals surface area contributed by atoms with Gasteiger partial charge in [-0.1, -0.05) is 19.1 Å². The Hall–Kier alpha value is -1.09. The van der Waals surface area contributed by atoms with Crippen LogP contribution >= 0.6 is 0 Å². The minimum Gasteiger partial charge on any atom is -0.486 e. The molecule has 3 heteroatoms. The van der Waals surface area contributed by atoms with Crippen LogP contribution in [0.25, 0.3) is 0 Å². The molecule has 1 unspecified atom stereocenters. The van der Waals surface area contributed by atoms with Crippen molar-refractivity contribution in [1.82, 2.24) is 5.32 Å². The number of benzene rings is 1. The van der Waals surface area contributed by atoms with Gasteiger partial charge in [0.15, 0.2) is 11.6 Å². The third-order valence-corrected chi connectivity index (χ3v) is 3.24. The van der Waals surface area contributed by atoms with E-state index in [2.05, 4.69) is 26.1 Å². The maximum atomic E-state index is 13.8. The fraction of sp³-hybridized carbons (Fsp3) is 0.600. The standard InChI is InChI=1S/C15H24FNO/c1-6-15(4,5)17-10-12(3)18-13-9-7-8-11(2)14(13)16/h7-9,12,17H,6,10H2,1-5H3. The van der Waals surface area contributed by atoms with Gasteiger partial charge in [-0.3, -0.25) is 0 Å². The maximum absolute atomic E-state index is 13.8. The van der Waals surface area contributed by atoms with Crippen LogP contribution in [-0.2, 0) is 0 Å². The van der Waals surface area contributed by atoms with Gasteiger partial charge >= 0.3 is 0 Å². The topological polar surface area (TPSA) is 21.3 Å². The monoisotopic (exact) mass is 253 g/mol. The molecule has 0 aliphatic heterocycles. The van der Waals surface area contributed by atoms with Crippen molar-refractivity contribution >= 4 is 0 Å². The van der Waals surface area contributed by atoms with Crippen LogP contribution in [0.1, 0.15) is 39.7 Å². The summed E-state index contributed by atoms with van der Waals surface area (Å²) in [7, 11) is 0. The van der Waals surface area contributed by atoms with Crippen LogP contribution in [0, 0.1) is 12.7 Å². The zero-order valence-electron chi connectivity index (χ0n) is 12.0. The minimum atomic E-state index is -0.265. The van der Waals surface area contributed by atoms with Gasteiger partial charge in [-0.15, -0.1) is 0 Å². The van der Waals surface area contributed by atoms with Gasteiger partial charge in [0, 0.05) is 12.1 Å². The minimum absolute atomic E-state index is 0.0628. The molecule has 1 aromatic carbocycles. The van der Waals surface area contributed by atoms with Gasteiger partial charge in [-0.2, -0.15) is 0 Å². The summed E-state index contributed by atoms with van der Waals surface area (Å²) in [4.78, 5) is 0. The highest BCUT2D eigenvalue weighted by atomic mass is 19.1. The second kappa shape index (κ2) is 6.19. The zero-order valence-corrected chi connectivity index (χ0v) is 12.0. The maximum Gasteiger partial charge on any atom is 0.167 e. The summed E-state index contributed by atoms with van der Waals surface area (Å²) in [6.45, 7) is 10.8. The Balaban J connectivity index is 2.55. The number of rotatable bonds is 6. The fourth-order valence-electron chi connectivity index (χ4n) is 1.51. The first-order valence-electron chi connectivity index (χ1n) is 6.52. The Kier molecular flexibility index (Phi) is 5.15. The number of halogens is 1. The molecule has 1 aromatic rings. The normalized spacial score (nSPS) is 13.4. The lowest BCUT2D eigenvalue weighted by Gasteiger charge is -2.27. The number of aryl methyl sites for hydroxylation is 1. The molecule has 0 bridgehead atoms. The fourth-order valence-corrected chi connectivity index (χ4v) is 1.51. The summed E-state index contributed by atoms with van der Waals surface area (Å²) in [5.41, 5.74) is 0.699. The molecule has 0 saturated carbocycles. The molecule has 0 heterocycles. The lowest BCUT2D eigenvalue weighted by molar-refractivity contribution is 0.191. The predicted molar refractivity (Wildman–Crippen MR) is 73.6 cm³/mol. The molecule has 1 N–H and O–H groups in total. The van der Waals surface area contributed by atoms with Crippen LogP contribution in [0.4, 0.5) is 4.39 Å². The molecule has 0 spiro atoms. The van der Waals surface area contributed by atoms with Gasteiger partial charge in [0.25, 0.3) is 0 Å². The zero-order chi connectivity index (χ0) is 13.8. The highest BCUT2D eigenvalue weighted by molar-refractivity contribution is 5.30. The van der Waals surface area contributed by atoms with Gasteiger partial charge in [0.1, 0.15) is 6.10 Å². The highest BCUT2D eigenvalue weighted by Crippen LogP contribution is 2.20. The summed E-state index contributed by atoms with van der Waals surface area (Å²) in [5.74, 6) is 0.0673. The van der Waals surface area contributed by atoms with E-state index in [1.54, 1.807) is 19.1 Å². The lowest BCUT2D eigenvalue weighted by atomic mass is 10.0. The first-order valence-corrected chi connectivity index (χ1v) is 6.52. The van der Waals surface area contributed by atoms with E-state index >= 15 is 0 Å². The summed E-state index contributed by atoms with van der Waals surface area (Å²) < 4.78 is 19.4. The summed E-state index contributed by atoms with van der Waals surface area (Å²) in [5, 5.41) is 3.42. The molecule has 2 nitrogen and oxygen atoms in total. The Morgan fingerprint density at radius 2 is 2.06 bits per heavy atom. The van der Waals surface area contributed by atoms with Crippen molar-refractivity contribution in [3.63, 3.8) is 0 Å². The van der Waals surface area contributed by atoms with Crippen molar-refractivity contribution in [2.24, 2.45) is 0 Å². The smallest absolute Gasteiger partial charge is 0.167 e. The second-order valence-electron chi connectivity index (χ2n) is 5.43. The van der Waals surface area contributed by atoms with Gasteiger partial charge in [0.05, 0.1) is 0 Å². The Morgan fingerprint density at radius 3 is 2.67 bits per heavy atom. The second-order valence-corrected chi connectivity index (χ2v) is 5.43. The number of ether oxygens (including phenoxy) is 1. The van der Waals surface area contributed by atoms with Crippen LogP contribution in [0.3, 0.4) is 0 Å². The quantitative estimate of drug-likeness (QED) is 0.835. The largest absolute Gasteiger partial charge is 0.486 e. The van der Waals surface area contributed by atoms with Crippen molar-refractivity contribution in [3.05, 3.63) is 29.6 Å². The van der Waals surface area contributed by atoms with Crippen LogP contribution in [0.2, 0.25) is 0 Å². The number of hydrogen-bond acceptors (Lipinski definition) is 2. The number of hydrogen-bond donors (Lipinski definition) is 1. The predicted octanol–water partition coefficient (Wildman–Crippen LogP) is 3.68. The van der Waals surface area contributed by atoms with Crippen molar-refractivity contribution in [3.8, 4) is 5.75 Å². The molecule has 1 atom stereocenters. The third kappa shape index (κ3) is 4.30. The average Bonchev–Trinajstić information content (AvgIpc) is 2.33. The van der Waals surface area contributed by atoms with Gasteiger partial charge in [0.2, 0.25) is 0 Å². The van der Waals surface area contributed by atoms with E-state index < -0.39 is 0 Å². The van der Waals surface area contributed by atoms with Crippen LogP contribution in [0.5, 0.6) is 5.75 Å². The Labute approximate surface area is 110 Å². The lowest BCUT2D eigenvalue weighted by Crippen LogP contribution is -2.43. The molecule has 18 heavy (non-hydrogen) atoms. The molecule has 0 amide bonds. The molecule has 0 aliphatic rings. The van der Waals surface area contributed by atoms with E-state index in [0.717, 1.165) is 6.42 Å². The van der Waals surface area contributed by atoms with E-state index in [-0.39, 0.29) is 17.5 Å². The van der Waals surface area contributed by atoms with Crippen LogP contribution in [0.15, 0.2) is 18.2 Å². The molecule has 102 valence electrons. The van der Waals surface area contributed by atoms with Crippen LogP contribution < -0.4 is 10.1 Å². The average molecular weight is 253 g/mol. The van der Waals surface area contributed by atoms with Crippen molar-refractivity contribution in [1.29, 1.82) is 0 Å². The molecule has 0 saturated heterocycles. The Morgan fingerprint density at radius 1 is 1.39 bits per heavy atom. The summed E-state index contributed by atoms with van der Waals surface area (Å²) in [6.07, 6.45) is 0.977. The van der Waals surface area contributed by atoms with Crippen molar-refractivity contribution in [2.75, 3.05) is 6.54 Å². The SMILES string of the molecule is CCC(C)(C)NCC(C)Oc1cccc(C)c1F. The molecule has 1 rings (SSSR count). The van der Waals surface area contributed by atoms with Gasteiger partial charge in [-0.25, -0.2) is 4.39 Å². The molecule has 0 aromatic heterocycles. The van der Waals surface area contributed by atoms with Crippen molar-refractivity contribution in [2.45, 2.75) is 52.7 Å². The Bertz CT molecular complexity index is 390. The summed E-state index contributed by atoms with van der Waals surface area (Å²) in [6, 6.07) is 5.22. The highest BCUT2D eigenvalue weighted by Gasteiger charge is 2.16. The third-order valence-electron chi connectivity index (χ3n) is 3.24. The van der Waals surface area contributed by atoms with E-state index in [0.29, 0.717) is 17.9 Å². The summed E-state index contributed by atoms with van der Waals surface area (Å²) >= 11 is 0. The molecule has 0 aliphatic carbocycles. The first-order chi connectivity index (χ1) is 8.35. The van der Waals surface area contributed by atoms with Gasteiger partial charge in [-0.05, 0) is 45.7 Å². The van der Waals surface area contributed by atoms with E-state index in [4.69, 9.17) is 4.74 Å². The molecule has 0 radical (unpaired) electrons.